The number of ketones is 1. The molecular formula is C24H21NO6S. The van der Waals surface area contributed by atoms with Crippen LogP contribution in [0.15, 0.2) is 77.7 Å². The largest absolute Gasteiger partial charge is 0.497 e. The van der Waals surface area contributed by atoms with Crippen molar-refractivity contribution in [2.45, 2.75) is 4.90 Å². The van der Waals surface area contributed by atoms with E-state index in [1.54, 1.807) is 60.7 Å². The predicted octanol–water partition coefficient (Wildman–Crippen LogP) is 4.14. The van der Waals surface area contributed by atoms with Crippen molar-refractivity contribution in [1.82, 2.24) is 3.97 Å². The lowest BCUT2D eigenvalue weighted by atomic mass is 10.1. The lowest BCUT2D eigenvalue weighted by Gasteiger charge is -2.13. The van der Waals surface area contributed by atoms with E-state index in [-0.39, 0.29) is 16.2 Å². The van der Waals surface area contributed by atoms with Crippen LogP contribution in [0.4, 0.5) is 0 Å². The lowest BCUT2D eigenvalue weighted by molar-refractivity contribution is 0.103. The van der Waals surface area contributed by atoms with Crippen LogP contribution in [0.5, 0.6) is 17.2 Å². The van der Waals surface area contributed by atoms with E-state index in [0.717, 1.165) is 3.97 Å². The highest BCUT2D eigenvalue weighted by molar-refractivity contribution is 7.90. The van der Waals surface area contributed by atoms with Gasteiger partial charge in [-0.15, -0.1) is 0 Å². The molecule has 0 saturated heterocycles. The minimum Gasteiger partial charge on any atom is -0.497 e. The molecular weight excluding hydrogens is 430 g/mol. The third kappa shape index (κ3) is 3.69. The van der Waals surface area contributed by atoms with E-state index in [4.69, 9.17) is 14.2 Å². The Balaban J connectivity index is 1.99. The Bertz CT molecular complexity index is 1390. The number of ether oxygens (including phenoxy) is 3. The second-order valence-electron chi connectivity index (χ2n) is 6.97. The average Bonchev–Trinajstić information content (AvgIpc) is 3.23. The molecule has 0 aliphatic heterocycles. The van der Waals surface area contributed by atoms with Gasteiger partial charge >= 0.3 is 0 Å². The maximum atomic E-state index is 13.6. The van der Waals surface area contributed by atoms with E-state index >= 15 is 0 Å². The summed E-state index contributed by atoms with van der Waals surface area (Å²) in [6.07, 6.45) is 0. The summed E-state index contributed by atoms with van der Waals surface area (Å²) in [7, 11) is 0.414. The number of fused-ring (bicyclic) bond motifs is 1. The zero-order valence-electron chi connectivity index (χ0n) is 17.7. The molecule has 1 aromatic heterocycles. The van der Waals surface area contributed by atoms with Gasteiger partial charge in [0.25, 0.3) is 10.0 Å². The van der Waals surface area contributed by atoms with Gasteiger partial charge in [0.1, 0.15) is 22.9 Å². The van der Waals surface area contributed by atoms with Gasteiger partial charge in [-0.25, -0.2) is 12.4 Å². The third-order valence-corrected chi connectivity index (χ3v) is 6.83. The van der Waals surface area contributed by atoms with Crippen molar-refractivity contribution in [3.63, 3.8) is 0 Å². The second-order valence-corrected chi connectivity index (χ2v) is 8.75. The predicted molar refractivity (Wildman–Crippen MR) is 120 cm³/mol. The van der Waals surface area contributed by atoms with Gasteiger partial charge in [-0.05, 0) is 48.5 Å². The van der Waals surface area contributed by atoms with Crippen LogP contribution in [0, 0.1) is 0 Å². The van der Waals surface area contributed by atoms with Crippen LogP contribution in [0.3, 0.4) is 0 Å². The van der Waals surface area contributed by atoms with E-state index in [1.165, 1.54) is 33.5 Å². The van der Waals surface area contributed by atoms with Crippen molar-refractivity contribution in [2.75, 3.05) is 21.3 Å². The fourth-order valence-electron chi connectivity index (χ4n) is 3.50. The number of carbonyl (C=O) groups is 1. The van der Waals surface area contributed by atoms with Crippen LogP contribution in [0.25, 0.3) is 10.9 Å². The van der Waals surface area contributed by atoms with Crippen LogP contribution in [0.2, 0.25) is 0 Å². The molecule has 0 fully saturated rings. The highest BCUT2D eigenvalue weighted by Crippen LogP contribution is 2.31. The summed E-state index contributed by atoms with van der Waals surface area (Å²) in [5.74, 6) is 0.900. The van der Waals surface area contributed by atoms with Gasteiger partial charge in [-0.1, -0.05) is 18.2 Å². The lowest BCUT2D eigenvalue weighted by Crippen LogP contribution is -2.19. The molecule has 0 aliphatic carbocycles. The number of methoxy groups -OCH3 is 3. The average molecular weight is 452 g/mol. The van der Waals surface area contributed by atoms with Crippen molar-refractivity contribution in [2.24, 2.45) is 0 Å². The molecule has 7 nitrogen and oxygen atoms in total. The standard InChI is InChI=1S/C24H21NO6S/c1-29-18-9-10-22-16(11-18)14-23(25(22)32(27,28)21-7-5-4-6-8-21)24(26)17-12-19(30-2)15-20(13-17)31-3/h4-15H,1-3H3. The molecule has 0 amide bonds. The smallest absolute Gasteiger partial charge is 0.268 e. The van der Waals surface area contributed by atoms with E-state index in [2.05, 4.69) is 0 Å². The minimum atomic E-state index is -4.06. The number of hydrogen-bond acceptors (Lipinski definition) is 6. The van der Waals surface area contributed by atoms with Crippen LogP contribution in [-0.4, -0.2) is 39.5 Å². The summed E-state index contributed by atoms with van der Waals surface area (Å²) in [6.45, 7) is 0. The molecule has 0 saturated carbocycles. The number of benzene rings is 3. The van der Waals surface area contributed by atoms with Gasteiger partial charge in [0.05, 0.1) is 31.7 Å². The number of hydrogen-bond donors (Lipinski definition) is 0. The van der Waals surface area contributed by atoms with Gasteiger partial charge in [-0.3, -0.25) is 4.79 Å². The zero-order valence-corrected chi connectivity index (χ0v) is 18.5. The molecule has 0 bridgehead atoms. The fraction of sp³-hybridized carbons (Fsp3) is 0.125. The molecule has 0 unspecified atom stereocenters. The Morgan fingerprint density at radius 3 is 1.97 bits per heavy atom. The number of nitrogens with zero attached hydrogens (tertiary/aromatic N) is 1. The van der Waals surface area contributed by atoms with E-state index in [9.17, 15) is 13.2 Å². The summed E-state index contributed by atoms with van der Waals surface area (Å²) >= 11 is 0. The normalized spacial score (nSPS) is 11.3. The SMILES string of the molecule is COc1cc(OC)cc(C(=O)c2cc3cc(OC)ccc3n2S(=O)(=O)c2ccccc2)c1. The summed E-state index contributed by atoms with van der Waals surface area (Å²) in [5.41, 5.74) is 0.598. The van der Waals surface area contributed by atoms with Crippen LogP contribution in [-0.2, 0) is 10.0 Å². The minimum absolute atomic E-state index is 0.00703. The Kier molecular flexibility index (Phi) is 5.63. The van der Waals surface area contributed by atoms with Gasteiger partial charge in [0, 0.05) is 17.0 Å². The Morgan fingerprint density at radius 2 is 1.38 bits per heavy atom. The molecule has 4 rings (SSSR count). The monoisotopic (exact) mass is 451 g/mol. The first-order valence-corrected chi connectivity index (χ1v) is 11.1. The summed E-state index contributed by atoms with van der Waals surface area (Å²) < 4.78 is 44.1. The van der Waals surface area contributed by atoms with Crippen molar-refractivity contribution in [1.29, 1.82) is 0 Å². The molecule has 0 radical (unpaired) electrons. The van der Waals surface area contributed by atoms with Gasteiger partial charge in [-0.2, -0.15) is 0 Å². The number of rotatable bonds is 7. The molecule has 32 heavy (non-hydrogen) atoms. The van der Waals surface area contributed by atoms with Crippen molar-refractivity contribution in [3.8, 4) is 17.2 Å². The zero-order chi connectivity index (χ0) is 22.9. The Labute approximate surface area is 185 Å². The maximum absolute atomic E-state index is 13.6. The summed E-state index contributed by atoms with van der Waals surface area (Å²) in [6, 6.07) is 19.2. The quantitative estimate of drug-likeness (QED) is 0.393. The first-order valence-electron chi connectivity index (χ1n) is 9.67. The highest BCUT2D eigenvalue weighted by atomic mass is 32.2. The van der Waals surface area contributed by atoms with Crippen molar-refractivity contribution >= 4 is 26.7 Å². The van der Waals surface area contributed by atoms with E-state index in [0.29, 0.717) is 28.2 Å². The first-order chi connectivity index (χ1) is 15.4. The number of carbonyl (C=O) groups excluding carboxylic acids is 1. The first kappa shape index (κ1) is 21.5. The molecule has 1 heterocycles. The van der Waals surface area contributed by atoms with Gasteiger partial charge in [0.15, 0.2) is 0 Å². The van der Waals surface area contributed by atoms with Crippen LogP contribution < -0.4 is 14.2 Å². The molecule has 0 atom stereocenters. The molecule has 0 aliphatic rings. The molecule has 164 valence electrons. The molecule has 8 heteroatoms. The number of aromatic nitrogens is 1. The van der Waals surface area contributed by atoms with E-state index in [1.807, 2.05) is 0 Å². The molecule has 4 aromatic rings. The third-order valence-electron chi connectivity index (χ3n) is 5.09. The second kappa shape index (κ2) is 8.39. The topological polar surface area (TPSA) is 83.8 Å². The molecule has 0 N–H and O–H groups in total. The molecule has 3 aromatic carbocycles. The van der Waals surface area contributed by atoms with Crippen LogP contribution in [0.1, 0.15) is 16.1 Å². The maximum Gasteiger partial charge on any atom is 0.268 e. The fourth-order valence-corrected chi connectivity index (χ4v) is 5.03. The summed E-state index contributed by atoms with van der Waals surface area (Å²) in [5, 5.41) is 0.557. The van der Waals surface area contributed by atoms with Crippen molar-refractivity contribution < 1.29 is 27.4 Å². The van der Waals surface area contributed by atoms with Gasteiger partial charge < -0.3 is 14.2 Å². The van der Waals surface area contributed by atoms with Crippen LogP contribution >= 0.6 is 0 Å². The summed E-state index contributed by atoms with van der Waals surface area (Å²) in [4.78, 5) is 13.7. The Morgan fingerprint density at radius 1 is 0.750 bits per heavy atom. The Hall–Kier alpha value is -3.78. The van der Waals surface area contributed by atoms with Crippen molar-refractivity contribution in [3.05, 3.63) is 84.1 Å². The van der Waals surface area contributed by atoms with E-state index < -0.39 is 15.8 Å². The highest BCUT2D eigenvalue weighted by Gasteiger charge is 2.27. The molecule has 0 spiro atoms. The van der Waals surface area contributed by atoms with Gasteiger partial charge in [0.2, 0.25) is 5.78 Å².